The van der Waals surface area contributed by atoms with E-state index in [1.807, 2.05) is 43.3 Å². The maximum Gasteiger partial charge on any atom is 0.123 e. The van der Waals surface area contributed by atoms with Gasteiger partial charge in [-0.15, -0.1) is 0 Å². The van der Waals surface area contributed by atoms with Crippen LogP contribution < -0.4 is 15.2 Å². The Balaban J connectivity index is 1.87. The van der Waals surface area contributed by atoms with Gasteiger partial charge in [0.25, 0.3) is 0 Å². The highest BCUT2D eigenvalue weighted by molar-refractivity contribution is 9.10. The molecular weight excluding hydrogens is 332 g/mol. The van der Waals surface area contributed by atoms with Crippen LogP contribution in [0.4, 0.5) is 0 Å². The smallest absolute Gasteiger partial charge is 0.123 e. The zero-order valence-electron chi connectivity index (χ0n) is 11.7. The van der Waals surface area contributed by atoms with Crippen molar-refractivity contribution in [3.8, 4) is 11.5 Å². The lowest BCUT2D eigenvalue weighted by molar-refractivity contribution is 0.216. The van der Waals surface area contributed by atoms with Gasteiger partial charge in [-0.05, 0) is 42.8 Å². The fourth-order valence-corrected chi connectivity index (χ4v) is 2.03. The molecule has 0 amide bonds. The van der Waals surface area contributed by atoms with E-state index in [-0.39, 0.29) is 5.84 Å². The van der Waals surface area contributed by atoms with Crippen molar-refractivity contribution in [2.45, 2.75) is 6.92 Å². The Bertz CT molecular complexity index is 627. The number of ether oxygens (including phenoxy) is 2. The zero-order valence-corrected chi connectivity index (χ0v) is 13.3. The van der Waals surface area contributed by atoms with Crippen molar-refractivity contribution in [3.05, 3.63) is 58.1 Å². The Morgan fingerprint density at radius 2 is 1.76 bits per heavy atom. The van der Waals surface area contributed by atoms with Crippen LogP contribution in [-0.2, 0) is 0 Å². The Morgan fingerprint density at radius 3 is 2.43 bits per heavy atom. The predicted octanol–water partition coefficient (Wildman–Crippen LogP) is 3.50. The van der Waals surface area contributed by atoms with Crippen molar-refractivity contribution in [2.75, 3.05) is 13.2 Å². The van der Waals surface area contributed by atoms with Crippen LogP contribution in [0.5, 0.6) is 11.5 Å². The summed E-state index contributed by atoms with van der Waals surface area (Å²) in [5.74, 6) is 1.56. The number of aryl methyl sites for hydroxylation is 1. The second-order valence-electron chi connectivity index (χ2n) is 4.54. The summed E-state index contributed by atoms with van der Waals surface area (Å²) < 4.78 is 12.3. The lowest BCUT2D eigenvalue weighted by Gasteiger charge is -2.11. The molecule has 4 nitrogen and oxygen atoms in total. The summed E-state index contributed by atoms with van der Waals surface area (Å²) in [5, 5.41) is 7.44. The first kappa shape index (κ1) is 15.4. The van der Waals surface area contributed by atoms with E-state index in [2.05, 4.69) is 15.9 Å². The van der Waals surface area contributed by atoms with Gasteiger partial charge in [-0.3, -0.25) is 5.41 Å². The maximum atomic E-state index is 7.44. The van der Waals surface area contributed by atoms with Crippen LogP contribution >= 0.6 is 15.9 Å². The normalized spacial score (nSPS) is 10.2. The van der Waals surface area contributed by atoms with Crippen LogP contribution in [0.15, 0.2) is 46.9 Å². The summed E-state index contributed by atoms with van der Waals surface area (Å²) in [5.41, 5.74) is 7.14. The first-order chi connectivity index (χ1) is 10.1. The number of nitrogens with one attached hydrogen (secondary N) is 1. The summed E-state index contributed by atoms with van der Waals surface area (Å²) in [6.45, 7) is 2.83. The van der Waals surface area contributed by atoms with Crippen LogP contribution in [0.1, 0.15) is 11.1 Å². The zero-order chi connectivity index (χ0) is 15.2. The summed E-state index contributed by atoms with van der Waals surface area (Å²) in [4.78, 5) is 0. The van der Waals surface area contributed by atoms with Crippen molar-refractivity contribution in [2.24, 2.45) is 5.73 Å². The number of benzene rings is 2. The Morgan fingerprint density at radius 1 is 1.10 bits per heavy atom. The highest BCUT2D eigenvalue weighted by Gasteiger charge is 2.04. The minimum Gasteiger partial charge on any atom is -0.490 e. The summed E-state index contributed by atoms with van der Waals surface area (Å²) in [6.07, 6.45) is 0. The molecule has 0 aliphatic rings. The first-order valence-electron chi connectivity index (χ1n) is 6.52. The van der Waals surface area contributed by atoms with Gasteiger partial charge in [-0.25, -0.2) is 0 Å². The van der Waals surface area contributed by atoms with E-state index < -0.39 is 0 Å². The summed E-state index contributed by atoms with van der Waals surface area (Å²) in [6, 6.07) is 13.1. The molecule has 0 bridgehead atoms. The maximum absolute atomic E-state index is 7.44. The second-order valence-corrected chi connectivity index (χ2v) is 5.46. The quantitative estimate of drug-likeness (QED) is 0.476. The molecule has 0 aliphatic heterocycles. The van der Waals surface area contributed by atoms with E-state index >= 15 is 0 Å². The molecule has 2 rings (SSSR count). The fraction of sp³-hybridized carbons (Fsp3) is 0.188. The summed E-state index contributed by atoms with van der Waals surface area (Å²) >= 11 is 3.38. The van der Waals surface area contributed by atoms with Crippen LogP contribution in [0.2, 0.25) is 0 Å². The van der Waals surface area contributed by atoms with E-state index in [4.69, 9.17) is 20.6 Å². The van der Waals surface area contributed by atoms with Crippen LogP contribution in [0.25, 0.3) is 0 Å². The fourth-order valence-electron chi connectivity index (χ4n) is 1.77. The Hall–Kier alpha value is -2.01. The highest BCUT2D eigenvalue weighted by Crippen LogP contribution is 2.20. The third-order valence-corrected chi connectivity index (χ3v) is 3.45. The molecule has 0 spiro atoms. The van der Waals surface area contributed by atoms with Gasteiger partial charge in [0.2, 0.25) is 0 Å². The van der Waals surface area contributed by atoms with E-state index in [1.54, 1.807) is 6.07 Å². The molecule has 0 aromatic heterocycles. The highest BCUT2D eigenvalue weighted by atomic mass is 79.9. The van der Waals surface area contributed by atoms with Crippen LogP contribution in [-0.4, -0.2) is 19.0 Å². The third kappa shape index (κ3) is 4.49. The van der Waals surface area contributed by atoms with E-state index in [0.29, 0.717) is 18.8 Å². The molecule has 5 heteroatoms. The molecule has 0 saturated heterocycles. The Labute approximate surface area is 132 Å². The van der Waals surface area contributed by atoms with E-state index in [9.17, 15) is 0 Å². The molecule has 110 valence electrons. The number of amidine groups is 1. The minimum atomic E-state index is 0.0333. The predicted molar refractivity (Wildman–Crippen MR) is 87.3 cm³/mol. The number of nitrogens with two attached hydrogens (primary N) is 1. The molecule has 21 heavy (non-hydrogen) atoms. The third-order valence-electron chi connectivity index (χ3n) is 2.92. The van der Waals surface area contributed by atoms with Crippen molar-refractivity contribution in [1.29, 1.82) is 5.41 Å². The minimum absolute atomic E-state index is 0.0333. The van der Waals surface area contributed by atoms with E-state index in [0.717, 1.165) is 21.5 Å². The van der Waals surface area contributed by atoms with Gasteiger partial charge in [0.15, 0.2) is 0 Å². The number of rotatable bonds is 6. The Kier molecular flexibility index (Phi) is 5.22. The van der Waals surface area contributed by atoms with Gasteiger partial charge in [0.1, 0.15) is 30.5 Å². The number of halogens is 1. The average molecular weight is 349 g/mol. The van der Waals surface area contributed by atoms with E-state index in [1.165, 1.54) is 0 Å². The van der Waals surface area contributed by atoms with Gasteiger partial charge in [0.05, 0.1) is 0 Å². The monoisotopic (exact) mass is 348 g/mol. The molecule has 0 unspecified atom stereocenters. The largest absolute Gasteiger partial charge is 0.490 e. The lowest BCUT2D eigenvalue weighted by atomic mass is 10.1. The van der Waals surface area contributed by atoms with Gasteiger partial charge < -0.3 is 15.2 Å². The number of nitrogen functional groups attached to an aromatic ring is 1. The van der Waals surface area contributed by atoms with Gasteiger partial charge in [-0.2, -0.15) is 0 Å². The SMILES string of the molecule is Cc1ccc(C(=N)N)cc1OCCOc1ccc(Br)cc1. The van der Waals surface area contributed by atoms with Crippen LogP contribution in [0.3, 0.4) is 0 Å². The molecule has 0 fully saturated rings. The first-order valence-corrected chi connectivity index (χ1v) is 7.32. The van der Waals surface area contributed by atoms with Crippen LogP contribution in [0, 0.1) is 12.3 Å². The van der Waals surface area contributed by atoms with Gasteiger partial charge >= 0.3 is 0 Å². The molecule has 2 aromatic carbocycles. The molecule has 0 saturated carbocycles. The van der Waals surface area contributed by atoms with Crippen molar-refractivity contribution in [1.82, 2.24) is 0 Å². The van der Waals surface area contributed by atoms with Gasteiger partial charge in [0, 0.05) is 10.0 Å². The topological polar surface area (TPSA) is 68.3 Å². The van der Waals surface area contributed by atoms with Crippen molar-refractivity contribution < 1.29 is 9.47 Å². The molecule has 0 aliphatic carbocycles. The second kappa shape index (κ2) is 7.13. The molecule has 0 atom stereocenters. The molecule has 2 aromatic rings. The summed E-state index contributed by atoms with van der Waals surface area (Å²) in [7, 11) is 0. The molecule has 0 radical (unpaired) electrons. The number of hydrogen-bond donors (Lipinski definition) is 2. The molecular formula is C16H17BrN2O2. The van der Waals surface area contributed by atoms with Gasteiger partial charge in [-0.1, -0.05) is 28.1 Å². The van der Waals surface area contributed by atoms with Crippen molar-refractivity contribution >= 4 is 21.8 Å². The number of hydrogen-bond acceptors (Lipinski definition) is 3. The lowest BCUT2D eigenvalue weighted by Crippen LogP contribution is -2.13. The standard InChI is InChI=1S/C16H17BrN2O2/c1-11-2-3-12(16(18)19)10-15(11)21-9-8-20-14-6-4-13(17)5-7-14/h2-7,10H,8-9H2,1H3,(H3,18,19). The van der Waals surface area contributed by atoms with Crippen molar-refractivity contribution in [3.63, 3.8) is 0 Å². The molecule has 3 N–H and O–H groups in total. The molecule has 0 heterocycles. The average Bonchev–Trinajstić information content (AvgIpc) is 2.47.